The number of rotatable bonds is 7. The smallest absolute Gasteiger partial charge is 0.308 e. The van der Waals surface area contributed by atoms with Crippen molar-refractivity contribution in [1.29, 1.82) is 0 Å². The number of para-hydroxylation sites is 1. The van der Waals surface area contributed by atoms with Crippen LogP contribution in [0.3, 0.4) is 0 Å². The zero-order valence-corrected chi connectivity index (χ0v) is 18.7. The van der Waals surface area contributed by atoms with Crippen molar-refractivity contribution >= 4 is 46.8 Å². The maximum absolute atomic E-state index is 14.1. The lowest BCUT2D eigenvalue weighted by molar-refractivity contribution is -0.148. The molecule has 2 unspecified atom stereocenters. The molecule has 0 aromatic heterocycles. The number of carboxylic acid groups (broad SMARTS) is 1. The van der Waals surface area contributed by atoms with E-state index < -0.39 is 28.6 Å². The number of carbonyl (C=O) groups excluding carboxylic acids is 2. The van der Waals surface area contributed by atoms with E-state index in [-0.39, 0.29) is 36.8 Å². The Morgan fingerprint density at radius 2 is 2.19 bits per heavy atom. The minimum Gasteiger partial charge on any atom is -0.481 e. The number of benzene rings is 1. The maximum atomic E-state index is 14.1. The number of anilines is 1. The number of carbonyl (C=O) groups is 3. The number of aliphatic hydroxyl groups excluding tert-OH is 1. The van der Waals surface area contributed by atoms with Crippen LogP contribution in [0.5, 0.6) is 0 Å². The lowest BCUT2D eigenvalue weighted by atomic mass is 9.71. The summed E-state index contributed by atoms with van der Waals surface area (Å²) in [5, 5.41) is 19.7. The van der Waals surface area contributed by atoms with Gasteiger partial charge in [0.15, 0.2) is 0 Å². The zero-order valence-electron chi connectivity index (χ0n) is 17.2. The molecule has 0 saturated carbocycles. The lowest BCUT2D eigenvalue weighted by Crippen LogP contribution is -2.55. The van der Waals surface area contributed by atoms with Gasteiger partial charge in [0, 0.05) is 18.3 Å². The van der Waals surface area contributed by atoms with Crippen LogP contribution in [0.15, 0.2) is 30.9 Å². The van der Waals surface area contributed by atoms with Crippen LogP contribution < -0.4 is 4.90 Å². The number of aliphatic hydroxyl groups is 1. The van der Waals surface area contributed by atoms with Crippen molar-refractivity contribution in [1.82, 2.24) is 4.90 Å². The number of thioether (sulfide) groups is 1. The summed E-state index contributed by atoms with van der Waals surface area (Å²) in [6.45, 7) is 5.49. The molecule has 3 aliphatic rings. The Labute approximate surface area is 190 Å². The molecule has 3 fully saturated rings. The first-order valence-corrected chi connectivity index (χ1v) is 11.5. The van der Waals surface area contributed by atoms with Crippen molar-refractivity contribution in [3.63, 3.8) is 0 Å². The monoisotopic (exact) mass is 464 g/mol. The minimum atomic E-state index is -1.00. The molecule has 3 heterocycles. The molecule has 1 spiro atoms. The van der Waals surface area contributed by atoms with E-state index in [2.05, 4.69) is 6.58 Å². The van der Waals surface area contributed by atoms with Crippen molar-refractivity contribution in [2.75, 3.05) is 24.6 Å². The summed E-state index contributed by atoms with van der Waals surface area (Å²) in [6.07, 6.45) is 2.83. The molecule has 4 rings (SSSR count). The number of aryl methyl sites for hydroxylation is 1. The quantitative estimate of drug-likeness (QED) is 0.601. The molecule has 2 amide bonds. The second-order valence-corrected chi connectivity index (χ2v) is 10.3. The van der Waals surface area contributed by atoms with Crippen LogP contribution in [0.1, 0.15) is 18.4 Å². The van der Waals surface area contributed by atoms with Gasteiger partial charge in [0.05, 0.1) is 33.9 Å². The van der Waals surface area contributed by atoms with Gasteiger partial charge in [-0.2, -0.15) is 0 Å². The van der Waals surface area contributed by atoms with Gasteiger partial charge in [-0.25, -0.2) is 0 Å². The molecule has 9 heteroatoms. The second kappa shape index (κ2) is 8.15. The largest absolute Gasteiger partial charge is 0.481 e. The molecule has 0 aliphatic carbocycles. The normalized spacial score (nSPS) is 31.1. The third kappa shape index (κ3) is 3.18. The number of hydrogen-bond donors (Lipinski definition) is 2. The van der Waals surface area contributed by atoms with E-state index in [0.717, 1.165) is 5.56 Å². The molecule has 1 aromatic rings. The SMILES string of the molecule is C=CCN(C(=O)C1N(CCO)C(=O)[C@@H]2[C@H](C(=O)O)[C@@H]3CCC12S3)c1c(C)cccc1Cl. The number of amides is 2. The molecule has 7 nitrogen and oxygen atoms in total. The number of aliphatic carboxylic acids is 1. The molecule has 5 atom stereocenters. The molecule has 0 radical (unpaired) electrons. The topological polar surface area (TPSA) is 98.2 Å². The first-order valence-electron chi connectivity index (χ1n) is 10.3. The number of likely N-dealkylation sites (tertiary alicyclic amines) is 1. The van der Waals surface area contributed by atoms with Crippen molar-refractivity contribution in [2.24, 2.45) is 11.8 Å². The summed E-state index contributed by atoms with van der Waals surface area (Å²) in [6, 6.07) is 4.49. The predicted octanol–water partition coefficient (Wildman–Crippen LogP) is 2.34. The molecule has 2 N–H and O–H groups in total. The Kier molecular flexibility index (Phi) is 5.83. The highest BCUT2D eigenvalue weighted by molar-refractivity contribution is 8.02. The van der Waals surface area contributed by atoms with Gasteiger partial charge in [-0.1, -0.05) is 29.8 Å². The summed E-state index contributed by atoms with van der Waals surface area (Å²) in [7, 11) is 0. The van der Waals surface area contributed by atoms with E-state index in [1.807, 2.05) is 13.0 Å². The summed E-state index contributed by atoms with van der Waals surface area (Å²) in [4.78, 5) is 42.3. The van der Waals surface area contributed by atoms with E-state index >= 15 is 0 Å². The Morgan fingerprint density at radius 1 is 1.45 bits per heavy atom. The highest BCUT2D eigenvalue weighted by Gasteiger charge is 2.74. The van der Waals surface area contributed by atoms with Crippen LogP contribution in [0.2, 0.25) is 5.02 Å². The van der Waals surface area contributed by atoms with Gasteiger partial charge in [-0.15, -0.1) is 18.3 Å². The first kappa shape index (κ1) is 22.2. The molecular weight excluding hydrogens is 440 g/mol. The fraction of sp³-hybridized carbons (Fsp3) is 0.500. The lowest BCUT2D eigenvalue weighted by Gasteiger charge is -2.37. The minimum absolute atomic E-state index is 0.0194. The number of fused-ring (bicyclic) bond motifs is 1. The first-order chi connectivity index (χ1) is 14.8. The average molecular weight is 465 g/mol. The third-order valence-corrected chi connectivity index (χ3v) is 8.95. The van der Waals surface area contributed by atoms with Crippen molar-refractivity contribution in [3.8, 4) is 0 Å². The Bertz CT molecular complexity index is 936. The molecule has 166 valence electrons. The van der Waals surface area contributed by atoms with Gasteiger partial charge in [0.25, 0.3) is 5.91 Å². The Balaban J connectivity index is 1.82. The van der Waals surface area contributed by atoms with Crippen LogP contribution in [0.25, 0.3) is 0 Å². The van der Waals surface area contributed by atoms with E-state index in [9.17, 15) is 24.6 Å². The molecule has 1 aromatic carbocycles. The van der Waals surface area contributed by atoms with Crippen LogP contribution in [-0.4, -0.2) is 68.6 Å². The number of carboxylic acids is 1. The summed E-state index contributed by atoms with van der Waals surface area (Å²) < 4.78 is -0.814. The molecule has 2 bridgehead atoms. The van der Waals surface area contributed by atoms with Gasteiger partial charge < -0.3 is 20.0 Å². The highest BCUT2D eigenvalue weighted by atomic mass is 35.5. The van der Waals surface area contributed by atoms with Crippen molar-refractivity contribution < 1.29 is 24.6 Å². The third-order valence-electron chi connectivity index (χ3n) is 6.70. The molecule has 31 heavy (non-hydrogen) atoms. The number of halogens is 1. The van der Waals surface area contributed by atoms with Gasteiger partial charge in [-0.3, -0.25) is 14.4 Å². The fourth-order valence-electron chi connectivity index (χ4n) is 5.60. The second-order valence-electron chi connectivity index (χ2n) is 8.29. The van der Waals surface area contributed by atoms with E-state index in [1.165, 1.54) is 21.6 Å². The van der Waals surface area contributed by atoms with Crippen molar-refractivity contribution in [3.05, 3.63) is 41.4 Å². The zero-order chi connectivity index (χ0) is 22.5. The number of hydrogen-bond acceptors (Lipinski definition) is 5. The Hall–Kier alpha value is -2.03. The van der Waals surface area contributed by atoms with Gasteiger partial charge in [0.2, 0.25) is 5.91 Å². The number of β-amino-alcohol motifs (C(OH)–C–C–N with tert-alkyl or cyclic N) is 1. The standard InChI is InChI=1S/C22H25ClN2O5S/c1-3-9-24(17-12(2)5-4-6-13(17)23)20(28)18-22-8-7-14(31-22)15(21(29)30)16(22)19(27)25(18)10-11-26/h3-6,14-16,18,26H,1,7-11H2,2H3,(H,29,30)/t14-,15+,16-,18?,22?/m0/s1. The average Bonchev–Trinajstić information content (AvgIpc) is 3.35. The summed E-state index contributed by atoms with van der Waals surface area (Å²) in [5.74, 6) is -3.27. The molecular formula is C22H25ClN2O5S. The van der Waals surface area contributed by atoms with E-state index in [0.29, 0.717) is 23.6 Å². The Morgan fingerprint density at radius 3 is 2.81 bits per heavy atom. The summed E-state index contributed by atoms with van der Waals surface area (Å²) >= 11 is 7.92. The summed E-state index contributed by atoms with van der Waals surface area (Å²) in [5.41, 5.74) is 1.36. The van der Waals surface area contributed by atoms with Gasteiger partial charge >= 0.3 is 5.97 Å². The highest BCUT2D eigenvalue weighted by Crippen LogP contribution is 2.66. The van der Waals surface area contributed by atoms with Crippen LogP contribution in [-0.2, 0) is 14.4 Å². The van der Waals surface area contributed by atoms with Crippen LogP contribution in [0.4, 0.5) is 5.69 Å². The predicted molar refractivity (Wildman–Crippen MR) is 119 cm³/mol. The van der Waals surface area contributed by atoms with Crippen LogP contribution >= 0.6 is 23.4 Å². The van der Waals surface area contributed by atoms with E-state index in [1.54, 1.807) is 18.2 Å². The van der Waals surface area contributed by atoms with Crippen molar-refractivity contribution in [2.45, 2.75) is 35.8 Å². The van der Waals surface area contributed by atoms with Gasteiger partial charge in [0.1, 0.15) is 6.04 Å². The number of nitrogens with zero attached hydrogens (tertiary/aromatic N) is 2. The van der Waals surface area contributed by atoms with Crippen LogP contribution in [0, 0.1) is 18.8 Å². The fourth-order valence-corrected chi connectivity index (χ4v) is 8.13. The maximum Gasteiger partial charge on any atom is 0.308 e. The van der Waals surface area contributed by atoms with E-state index in [4.69, 9.17) is 11.6 Å². The molecule has 3 aliphatic heterocycles. The van der Waals surface area contributed by atoms with Gasteiger partial charge in [-0.05, 0) is 31.4 Å². The molecule has 3 saturated heterocycles.